The number of hydrogen-bond donors (Lipinski definition) is 2. The van der Waals surface area contributed by atoms with E-state index in [9.17, 15) is 4.79 Å². The highest BCUT2D eigenvalue weighted by Gasteiger charge is 2.37. The normalized spacial score (nSPS) is 25.0. The molecule has 3 rings (SSSR count). The van der Waals surface area contributed by atoms with Crippen molar-refractivity contribution in [3.63, 3.8) is 0 Å². The zero-order chi connectivity index (χ0) is 16.6. The third-order valence-corrected chi connectivity index (χ3v) is 5.31. The van der Waals surface area contributed by atoms with Crippen LogP contribution in [0.4, 0.5) is 0 Å². The van der Waals surface area contributed by atoms with Gasteiger partial charge in [-0.05, 0) is 43.6 Å². The lowest BCUT2D eigenvalue weighted by atomic mass is 9.85. The van der Waals surface area contributed by atoms with Crippen molar-refractivity contribution in [3.05, 3.63) is 35.9 Å². The molecule has 0 radical (unpaired) electrons. The van der Waals surface area contributed by atoms with Gasteiger partial charge < -0.3 is 15.4 Å². The molecule has 1 saturated carbocycles. The van der Waals surface area contributed by atoms with Crippen LogP contribution >= 0.6 is 12.4 Å². The number of unbranched alkanes of at least 4 members (excludes halogenated alkanes) is 1. The number of rotatable bonds is 8. The second kappa shape index (κ2) is 10.8. The van der Waals surface area contributed by atoms with E-state index in [0.717, 1.165) is 38.3 Å². The number of fused-ring (bicyclic) bond motifs is 1. The number of benzene rings is 1. The van der Waals surface area contributed by atoms with Crippen LogP contribution in [-0.2, 0) is 16.1 Å². The number of nitrogens with one attached hydrogen (secondary N) is 2. The molecular formula is C20H31ClN2O2. The first-order chi connectivity index (χ1) is 11.8. The van der Waals surface area contributed by atoms with E-state index in [1.54, 1.807) is 0 Å². The van der Waals surface area contributed by atoms with Crippen LogP contribution in [0.3, 0.4) is 0 Å². The van der Waals surface area contributed by atoms with Crippen LogP contribution in [0.2, 0.25) is 0 Å². The molecule has 0 bridgehead atoms. The van der Waals surface area contributed by atoms with Gasteiger partial charge >= 0.3 is 0 Å². The molecule has 1 saturated heterocycles. The zero-order valence-electron chi connectivity index (χ0n) is 14.9. The van der Waals surface area contributed by atoms with Crippen molar-refractivity contribution in [2.75, 3.05) is 13.2 Å². The average molecular weight is 367 g/mol. The summed E-state index contributed by atoms with van der Waals surface area (Å²) in [5.41, 5.74) is 1.21. The molecule has 1 aliphatic heterocycles. The Bertz CT molecular complexity index is 498. The second-order valence-electron chi connectivity index (χ2n) is 7.14. The highest BCUT2D eigenvalue weighted by Crippen LogP contribution is 2.33. The molecule has 25 heavy (non-hydrogen) atoms. The van der Waals surface area contributed by atoms with Gasteiger partial charge in [0, 0.05) is 19.2 Å². The van der Waals surface area contributed by atoms with E-state index in [0.29, 0.717) is 12.6 Å². The third kappa shape index (κ3) is 6.28. The first-order valence-corrected chi connectivity index (χ1v) is 9.48. The fourth-order valence-corrected chi connectivity index (χ4v) is 3.95. The lowest BCUT2D eigenvalue weighted by Gasteiger charge is -2.24. The zero-order valence-corrected chi connectivity index (χ0v) is 15.7. The first-order valence-electron chi connectivity index (χ1n) is 9.48. The average Bonchev–Trinajstić information content (AvgIpc) is 3.06. The van der Waals surface area contributed by atoms with Gasteiger partial charge in [-0.2, -0.15) is 0 Å². The highest BCUT2D eigenvalue weighted by atomic mass is 35.5. The summed E-state index contributed by atoms with van der Waals surface area (Å²) in [5.74, 6) is 0.912. The number of carbonyl (C=O) groups excluding carboxylic acids is 1. The maximum atomic E-state index is 12.3. The Kier molecular flexibility index (Phi) is 8.73. The number of hydrogen-bond acceptors (Lipinski definition) is 3. The summed E-state index contributed by atoms with van der Waals surface area (Å²) in [7, 11) is 0. The number of ether oxygens (including phenoxy) is 1. The van der Waals surface area contributed by atoms with Gasteiger partial charge in [-0.25, -0.2) is 0 Å². The van der Waals surface area contributed by atoms with Crippen LogP contribution in [0.25, 0.3) is 0 Å². The summed E-state index contributed by atoms with van der Waals surface area (Å²) in [6, 6.07) is 10.8. The van der Waals surface area contributed by atoms with E-state index in [4.69, 9.17) is 4.74 Å². The third-order valence-electron chi connectivity index (χ3n) is 5.31. The van der Waals surface area contributed by atoms with E-state index >= 15 is 0 Å². The fourth-order valence-electron chi connectivity index (χ4n) is 3.95. The van der Waals surface area contributed by atoms with Crippen molar-refractivity contribution in [1.29, 1.82) is 0 Å². The molecule has 0 aromatic heterocycles. The Morgan fingerprint density at radius 3 is 2.76 bits per heavy atom. The summed E-state index contributed by atoms with van der Waals surface area (Å²) in [6.45, 7) is 2.17. The van der Waals surface area contributed by atoms with Gasteiger partial charge in [0.2, 0.25) is 5.91 Å². The van der Waals surface area contributed by atoms with Crippen molar-refractivity contribution in [1.82, 2.24) is 10.6 Å². The van der Waals surface area contributed by atoms with Crippen LogP contribution in [0.1, 0.15) is 50.5 Å². The molecule has 5 heteroatoms. The molecule has 2 N–H and O–H groups in total. The Balaban J connectivity index is 0.00000225. The molecule has 3 atom stereocenters. The predicted octanol–water partition coefficient (Wildman–Crippen LogP) is 3.44. The fraction of sp³-hybridized carbons (Fsp3) is 0.650. The van der Waals surface area contributed by atoms with E-state index in [2.05, 4.69) is 22.8 Å². The first kappa shape index (κ1) is 20.2. The molecule has 1 amide bonds. The van der Waals surface area contributed by atoms with Gasteiger partial charge in [0.1, 0.15) is 0 Å². The van der Waals surface area contributed by atoms with Gasteiger partial charge in [-0.15, -0.1) is 12.4 Å². The summed E-state index contributed by atoms with van der Waals surface area (Å²) < 4.78 is 5.67. The molecule has 2 aliphatic rings. The van der Waals surface area contributed by atoms with Crippen molar-refractivity contribution in [2.24, 2.45) is 5.92 Å². The topological polar surface area (TPSA) is 50.4 Å². The molecule has 1 aliphatic carbocycles. The summed E-state index contributed by atoms with van der Waals surface area (Å²) in [6.07, 6.45) is 8.16. The standard InChI is InChI=1S/C20H30N2O2.ClH/c23-20(19-14-17-10-4-5-11-18(17)22-19)21-12-6-7-13-24-15-16-8-2-1-3-9-16;/h1-3,8-9,17-19,22H,4-7,10-15H2,(H,21,23);1H. The largest absolute Gasteiger partial charge is 0.377 e. The number of halogens is 1. The van der Waals surface area contributed by atoms with E-state index in [1.807, 2.05) is 18.2 Å². The van der Waals surface area contributed by atoms with Gasteiger partial charge in [-0.1, -0.05) is 43.2 Å². The van der Waals surface area contributed by atoms with Gasteiger partial charge in [0.05, 0.1) is 12.6 Å². The molecule has 4 nitrogen and oxygen atoms in total. The van der Waals surface area contributed by atoms with E-state index < -0.39 is 0 Å². The molecular weight excluding hydrogens is 336 g/mol. The van der Waals surface area contributed by atoms with E-state index in [-0.39, 0.29) is 24.4 Å². The molecule has 1 aromatic carbocycles. The van der Waals surface area contributed by atoms with Crippen LogP contribution in [0, 0.1) is 5.92 Å². The van der Waals surface area contributed by atoms with Gasteiger partial charge in [0.25, 0.3) is 0 Å². The van der Waals surface area contributed by atoms with Crippen LogP contribution in [0.15, 0.2) is 30.3 Å². The summed E-state index contributed by atoms with van der Waals surface area (Å²) in [5, 5.41) is 6.62. The SMILES string of the molecule is Cl.O=C(NCCCCOCc1ccccc1)C1CC2CCCCC2N1. The highest BCUT2D eigenvalue weighted by molar-refractivity contribution is 5.85. The van der Waals surface area contributed by atoms with Crippen molar-refractivity contribution >= 4 is 18.3 Å². The minimum Gasteiger partial charge on any atom is -0.377 e. The molecule has 1 aromatic rings. The smallest absolute Gasteiger partial charge is 0.237 e. The monoisotopic (exact) mass is 366 g/mol. The molecule has 0 spiro atoms. The van der Waals surface area contributed by atoms with E-state index in [1.165, 1.54) is 31.2 Å². The lowest BCUT2D eigenvalue weighted by molar-refractivity contribution is -0.122. The Labute approximate surface area is 157 Å². The lowest BCUT2D eigenvalue weighted by Crippen LogP contribution is -2.43. The Hall–Kier alpha value is -1.10. The van der Waals surface area contributed by atoms with Crippen LogP contribution in [-0.4, -0.2) is 31.1 Å². The summed E-state index contributed by atoms with van der Waals surface area (Å²) >= 11 is 0. The maximum absolute atomic E-state index is 12.3. The van der Waals surface area contributed by atoms with Gasteiger partial charge in [0.15, 0.2) is 0 Å². The maximum Gasteiger partial charge on any atom is 0.237 e. The summed E-state index contributed by atoms with van der Waals surface area (Å²) in [4.78, 5) is 12.3. The Morgan fingerprint density at radius 1 is 1.16 bits per heavy atom. The van der Waals surface area contributed by atoms with Crippen LogP contribution in [0.5, 0.6) is 0 Å². The molecule has 3 unspecified atom stereocenters. The number of carbonyl (C=O) groups is 1. The minimum absolute atomic E-state index is 0. The van der Waals surface area contributed by atoms with Crippen molar-refractivity contribution in [2.45, 2.75) is 63.6 Å². The van der Waals surface area contributed by atoms with Crippen molar-refractivity contribution in [3.8, 4) is 0 Å². The molecule has 1 heterocycles. The van der Waals surface area contributed by atoms with Crippen molar-refractivity contribution < 1.29 is 9.53 Å². The Morgan fingerprint density at radius 2 is 1.96 bits per heavy atom. The molecule has 2 fully saturated rings. The molecule has 140 valence electrons. The quantitative estimate of drug-likeness (QED) is 0.693. The second-order valence-corrected chi connectivity index (χ2v) is 7.14. The minimum atomic E-state index is 0. The number of amides is 1. The van der Waals surface area contributed by atoms with Crippen LogP contribution < -0.4 is 10.6 Å². The van der Waals surface area contributed by atoms with Gasteiger partial charge in [-0.3, -0.25) is 4.79 Å². The predicted molar refractivity (Wildman–Crippen MR) is 103 cm³/mol.